The second-order valence-corrected chi connectivity index (χ2v) is 6.57. The molecule has 0 radical (unpaired) electrons. The van der Waals surface area contributed by atoms with Crippen LogP contribution < -0.4 is 14.2 Å². The molecule has 3 rings (SSSR count). The van der Waals surface area contributed by atoms with Crippen molar-refractivity contribution in [2.75, 3.05) is 13.9 Å². The molecule has 0 aromatic heterocycles. The van der Waals surface area contributed by atoms with Crippen molar-refractivity contribution >= 4 is 5.78 Å². The molecule has 0 atom stereocenters. The van der Waals surface area contributed by atoms with Gasteiger partial charge in [-0.1, -0.05) is 17.7 Å². The maximum absolute atomic E-state index is 12.9. The summed E-state index contributed by atoms with van der Waals surface area (Å²) >= 11 is 0. The largest absolute Gasteiger partial charge is 0.507 e. The predicted molar refractivity (Wildman–Crippen MR) is 100 cm³/mol. The Balaban J connectivity index is 1.95. The molecular weight excluding hydrogens is 348 g/mol. The molecule has 0 aliphatic carbocycles. The summed E-state index contributed by atoms with van der Waals surface area (Å²) in [5, 5.41) is 20.9. The van der Waals surface area contributed by atoms with Gasteiger partial charge >= 0.3 is 0 Å². The third-order valence-corrected chi connectivity index (χ3v) is 4.36. The molecule has 27 heavy (non-hydrogen) atoms. The molecule has 0 saturated heterocycles. The predicted octanol–water partition coefficient (Wildman–Crippen LogP) is 3.77. The zero-order valence-electron chi connectivity index (χ0n) is 15.5. The van der Waals surface area contributed by atoms with E-state index in [1.807, 2.05) is 19.9 Å². The fourth-order valence-corrected chi connectivity index (χ4v) is 2.93. The summed E-state index contributed by atoms with van der Waals surface area (Å²) in [7, 11) is 1.39. The number of aromatic hydroxyl groups is 2. The number of ketones is 1. The first kappa shape index (κ1) is 18.6. The highest BCUT2D eigenvalue weighted by atomic mass is 16.7. The molecule has 2 N–H and O–H groups in total. The summed E-state index contributed by atoms with van der Waals surface area (Å²) in [5.41, 5.74) is 2.12. The standard InChI is InChI=1S/C21H22O6/c1-12(2)4-6-14-15(22)10-19(25-3)20(21(14)24)16(23)8-13-5-7-17-18(9-13)27-11-26-17/h4-5,7,9-10,22,24H,6,8,11H2,1-3H3. The van der Waals surface area contributed by atoms with Crippen LogP contribution in [0.25, 0.3) is 0 Å². The van der Waals surface area contributed by atoms with Crippen molar-refractivity contribution in [3.63, 3.8) is 0 Å². The van der Waals surface area contributed by atoms with Gasteiger partial charge in [-0.2, -0.15) is 0 Å². The van der Waals surface area contributed by atoms with Gasteiger partial charge in [-0.3, -0.25) is 4.79 Å². The second-order valence-electron chi connectivity index (χ2n) is 6.57. The number of carbonyl (C=O) groups excluding carboxylic acids is 1. The highest BCUT2D eigenvalue weighted by molar-refractivity contribution is 6.03. The molecule has 1 aliphatic rings. The lowest BCUT2D eigenvalue weighted by molar-refractivity contribution is 0.0987. The van der Waals surface area contributed by atoms with E-state index in [1.165, 1.54) is 13.2 Å². The van der Waals surface area contributed by atoms with Gasteiger partial charge in [0, 0.05) is 18.1 Å². The molecule has 0 amide bonds. The van der Waals surface area contributed by atoms with Crippen LogP contribution in [0.1, 0.15) is 35.3 Å². The van der Waals surface area contributed by atoms with Crippen molar-refractivity contribution in [2.45, 2.75) is 26.7 Å². The number of benzene rings is 2. The van der Waals surface area contributed by atoms with Gasteiger partial charge in [0.15, 0.2) is 17.3 Å². The molecule has 1 aliphatic heterocycles. The number of methoxy groups -OCH3 is 1. The van der Waals surface area contributed by atoms with Crippen LogP contribution in [-0.2, 0) is 12.8 Å². The number of rotatable bonds is 6. The Kier molecular flexibility index (Phi) is 5.26. The van der Waals surface area contributed by atoms with Crippen molar-refractivity contribution < 1.29 is 29.2 Å². The Bertz CT molecular complexity index is 909. The highest BCUT2D eigenvalue weighted by Gasteiger charge is 2.24. The summed E-state index contributed by atoms with van der Waals surface area (Å²) < 4.78 is 15.8. The lowest BCUT2D eigenvalue weighted by Crippen LogP contribution is -2.08. The third-order valence-electron chi connectivity index (χ3n) is 4.36. The lowest BCUT2D eigenvalue weighted by atomic mass is 9.96. The summed E-state index contributed by atoms with van der Waals surface area (Å²) in [5.74, 6) is 0.682. The van der Waals surface area contributed by atoms with E-state index in [0.29, 0.717) is 23.5 Å². The fourth-order valence-electron chi connectivity index (χ4n) is 2.93. The normalized spacial score (nSPS) is 12.0. The Labute approximate surface area is 157 Å². The van der Waals surface area contributed by atoms with Crippen LogP contribution in [0.4, 0.5) is 0 Å². The average Bonchev–Trinajstić information content (AvgIpc) is 3.08. The average molecular weight is 370 g/mol. The molecule has 0 fully saturated rings. The molecule has 2 aromatic rings. The minimum atomic E-state index is -0.318. The van der Waals surface area contributed by atoms with E-state index in [2.05, 4.69) is 0 Å². The van der Waals surface area contributed by atoms with Gasteiger partial charge in [0.1, 0.15) is 22.8 Å². The molecule has 2 aromatic carbocycles. The summed E-state index contributed by atoms with van der Waals surface area (Å²) in [6.07, 6.45) is 2.23. The zero-order chi connectivity index (χ0) is 19.6. The van der Waals surface area contributed by atoms with Crippen LogP contribution in [0, 0.1) is 0 Å². The Morgan fingerprint density at radius 3 is 2.63 bits per heavy atom. The maximum Gasteiger partial charge on any atom is 0.231 e. The molecule has 0 spiro atoms. The van der Waals surface area contributed by atoms with Crippen molar-refractivity contribution in [3.05, 3.63) is 52.6 Å². The third kappa shape index (κ3) is 3.84. The van der Waals surface area contributed by atoms with Crippen LogP contribution in [0.15, 0.2) is 35.9 Å². The van der Waals surface area contributed by atoms with Crippen LogP contribution >= 0.6 is 0 Å². The van der Waals surface area contributed by atoms with Gasteiger partial charge in [-0.05, 0) is 38.0 Å². The van der Waals surface area contributed by atoms with Crippen LogP contribution in [0.5, 0.6) is 28.7 Å². The van der Waals surface area contributed by atoms with Gasteiger partial charge in [-0.25, -0.2) is 0 Å². The number of fused-ring (bicyclic) bond motifs is 1. The maximum atomic E-state index is 12.9. The van der Waals surface area contributed by atoms with Crippen molar-refractivity contribution in [1.82, 2.24) is 0 Å². The number of phenolic OH excluding ortho intramolecular Hbond substituents is 2. The molecule has 0 bridgehead atoms. The van der Waals surface area contributed by atoms with E-state index >= 15 is 0 Å². The van der Waals surface area contributed by atoms with Crippen molar-refractivity contribution in [2.24, 2.45) is 0 Å². The molecule has 6 heteroatoms. The molecule has 1 heterocycles. The van der Waals surface area contributed by atoms with Gasteiger partial charge in [0.25, 0.3) is 0 Å². The zero-order valence-corrected chi connectivity index (χ0v) is 15.5. The fraction of sp³-hybridized carbons (Fsp3) is 0.286. The molecule has 142 valence electrons. The van der Waals surface area contributed by atoms with Gasteiger partial charge in [0.2, 0.25) is 6.79 Å². The number of carbonyl (C=O) groups is 1. The summed E-state index contributed by atoms with van der Waals surface area (Å²) in [6.45, 7) is 4.00. The lowest BCUT2D eigenvalue weighted by Gasteiger charge is -2.15. The van der Waals surface area contributed by atoms with E-state index in [0.717, 1.165) is 11.1 Å². The Morgan fingerprint density at radius 1 is 1.19 bits per heavy atom. The number of ether oxygens (including phenoxy) is 3. The number of phenols is 2. The number of hydrogen-bond acceptors (Lipinski definition) is 6. The van der Waals surface area contributed by atoms with Crippen LogP contribution in [0.3, 0.4) is 0 Å². The van der Waals surface area contributed by atoms with E-state index in [9.17, 15) is 15.0 Å². The second kappa shape index (κ2) is 7.61. The van der Waals surface area contributed by atoms with Crippen LogP contribution in [0.2, 0.25) is 0 Å². The first-order chi connectivity index (χ1) is 12.9. The summed E-state index contributed by atoms with van der Waals surface area (Å²) in [6, 6.07) is 6.63. The highest BCUT2D eigenvalue weighted by Crippen LogP contribution is 2.40. The van der Waals surface area contributed by atoms with Gasteiger partial charge < -0.3 is 24.4 Å². The SMILES string of the molecule is COc1cc(O)c(CC=C(C)C)c(O)c1C(=O)Cc1ccc2c(c1)OCO2. The smallest absolute Gasteiger partial charge is 0.231 e. The van der Waals surface area contributed by atoms with Crippen molar-refractivity contribution in [3.8, 4) is 28.7 Å². The topological polar surface area (TPSA) is 85.2 Å². The number of Topliss-reactive ketones (excluding diaryl/α,β-unsaturated/α-hetero) is 1. The quantitative estimate of drug-likeness (QED) is 0.595. The van der Waals surface area contributed by atoms with E-state index in [1.54, 1.807) is 18.2 Å². The monoisotopic (exact) mass is 370 g/mol. The summed E-state index contributed by atoms with van der Waals surface area (Å²) in [4.78, 5) is 12.9. The van der Waals surface area contributed by atoms with Crippen molar-refractivity contribution in [1.29, 1.82) is 0 Å². The van der Waals surface area contributed by atoms with Crippen LogP contribution in [-0.4, -0.2) is 29.9 Å². The first-order valence-corrected chi connectivity index (χ1v) is 8.57. The number of hydrogen-bond donors (Lipinski definition) is 2. The molecule has 0 unspecified atom stereocenters. The Hall–Kier alpha value is -3.15. The minimum absolute atomic E-state index is 0.0490. The van der Waals surface area contributed by atoms with Gasteiger partial charge in [-0.15, -0.1) is 0 Å². The van der Waals surface area contributed by atoms with E-state index < -0.39 is 0 Å². The molecular formula is C21H22O6. The number of allylic oxidation sites excluding steroid dienone is 2. The van der Waals surface area contributed by atoms with Gasteiger partial charge in [0.05, 0.1) is 7.11 Å². The minimum Gasteiger partial charge on any atom is -0.507 e. The molecule has 0 saturated carbocycles. The first-order valence-electron chi connectivity index (χ1n) is 8.57. The van der Waals surface area contributed by atoms with E-state index in [-0.39, 0.29) is 41.8 Å². The molecule has 6 nitrogen and oxygen atoms in total. The Morgan fingerprint density at radius 2 is 1.93 bits per heavy atom. The van der Waals surface area contributed by atoms with E-state index in [4.69, 9.17) is 14.2 Å².